The normalized spacial score (nSPS) is 17.9. The van der Waals surface area contributed by atoms with Crippen molar-refractivity contribution in [3.05, 3.63) is 20.8 Å². The van der Waals surface area contributed by atoms with E-state index in [1.54, 1.807) is 11.3 Å². The summed E-state index contributed by atoms with van der Waals surface area (Å²) in [4.78, 5) is 13.0. The second kappa shape index (κ2) is 4.83. The largest absolute Gasteiger partial charge is 0.379 e. The van der Waals surface area contributed by atoms with E-state index in [1.807, 2.05) is 11.4 Å². The topological polar surface area (TPSA) is 64.4 Å². The molecule has 0 bridgehead atoms. The summed E-state index contributed by atoms with van der Waals surface area (Å²) in [5.41, 5.74) is 5.11. The smallest absolute Gasteiger partial charge is 0.232 e. The molecule has 1 aliphatic heterocycles. The third-order valence-electron chi connectivity index (χ3n) is 2.67. The predicted molar refractivity (Wildman–Crippen MR) is 66.2 cm³/mol. The van der Waals surface area contributed by atoms with Gasteiger partial charge in [0.25, 0.3) is 0 Å². The van der Waals surface area contributed by atoms with Gasteiger partial charge in [-0.1, -0.05) is 0 Å². The Morgan fingerprint density at radius 1 is 1.69 bits per heavy atom. The lowest BCUT2D eigenvalue weighted by molar-refractivity contribution is -0.159. The van der Waals surface area contributed by atoms with E-state index >= 15 is 0 Å². The number of ether oxygens (including phenoxy) is 1. The van der Waals surface area contributed by atoms with E-state index in [4.69, 9.17) is 10.5 Å². The number of halogens is 1. The zero-order valence-electron chi connectivity index (χ0n) is 8.66. The molecule has 1 aromatic heterocycles. The number of carbonyl (C=O) groups is 1. The number of hydrogen-bond donors (Lipinski definition) is 2. The highest BCUT2D eigenvalue weighted by Crippen LogP contribution is 2.26. The number of nitrogens with two attached hydrogens (primary N) is 1. The Labute approximate surface area is 106 Å². The standard InChI is InChI=1S/C10H13BrN2O2S/c11-7-1-8(16-3-7)2-13-9(14)10(4-12)5-15-6-10/h1,3H,2,4-6,12H2,(H,13,14). The SMILES string of the molecule is NCC1(C(=O)NCc2cc(Br)cs2)COC1. The third kappa shape index (κ3) is 2.29. The van der Waals surface area contributed by atoms with E-state index in [-0.39, 0.29) is 5.91 Å². The number of rotatable bonds is 4. The van der Waals surface area contributed by atoms with Gasteiger partial charge in [-0.3, -0.25) is 4.79 Å². The molecule has 16 heavy (non-hydrogen) atoms. The minimum atomic E-state index is -0.492. The molecule has 1 aromatic rings. The molecular formula is C10H13BrN2O2S. The molecule has 0 aromatic carbocycles. The van der Waals surface area contributed by atoms with Gasteiger partial charge in [0.15, 0.2) is 0 Å². The first kappa shape index (κ1) is 12.0. The summed E-state index contributed by atoms with van der Waals surface area (Å²) in [6.07, 6.45) is 0. The van der Waals surface area contributed by atoms with E-state index in [2.05, 4.69) is 21.2 Å². The average molecular weight is 305 g/mol. The van der Waals surface area contributed by atoms with E-state index in [0.717, 1.165) is 9.35 Å². The van der Waals surface area contributed by atoms with Crippen molar-refractivity contribution in [2.24, 2.45) is 11.1 Å². The summed E-state index contributed by atoms with van der Waals surface area (Å²) in [6, 6.07) is 2.00. The zero-order valence-corrected chi connectivity index (χ0v) is 11.1. The van der Waals surface area contributed by atoms with Crippen LogP contribution in [0.3, 0.4) is 0 Å². The van der Waals surface area contributed by atoms with Crippen molar-refractivity contribution in [3.8, 4) is 0 Å². The summed E-state index contributed by atoms with van der Waals surface area (Å²) in [5.74, 6) is -0.00854. The number of amides is 1. The molecule has 0 spiro atoms. The fourth-order valence-electron chi connectivity index (χ4n) is 1.49. The molecule has 0 saturated carbocycles. The van der Waals surface area contributed by atoms with Crippen molar-refractivity contribution >= 4 is 33.2 Å². The van der Waals surface area contributed by atoms with Gasteiger partial charge in [0.2, 0.25) is 5.91 Å². The number of nitrogens with one attached hydrogen (secondary N) is 1. The van der Waals surface area contributed by atoms with Gasteiger partial charge in [-0.2, -0.15) is 0 Å². The van der Waals surface area contributed by atoms with Gasteiger partial charge < -0.3 is 15.8 Å². The van der Waals surface area contributed by atoms with Crippen molar-refractivity contribution < 1.29 is 9.53 Å². The molecule has 3 N–H and O–H groups in total. The maximum Gasteiger partial charge on any atom is 0.232 e. The lowest BCUT2D eigenvalue weighted by Crippen LogP contribution is -2.58. The molecule has 6 heteroatoms. The van der Waals surface area contributed by atoms with Crippen LogP contribution in [-0.2, 0) is 16.1 Å². The molecule has 4 nitrogen and oxygen atoms in total. The fraction of sp³-hybridized carbons (Fsp3) is 0.500. The van der Waals surface area contributed by atoms with E-state index in [0.29, 0.717) is 26.3 Å². The van der Waals surface area contributed by atoms with Crippen LogP contribution in [0.5, 0.6) is 0 Å². The maximum absolute atomic E-state index is 11.9. The molecule has 1 fully saturated rings. The highest BCUT2D eigenvalue weighted by Gasteiger charge is 2.44. The summed E-state index contributed by atoms with van der Waals surface area (Å²) in [6.45, 7) is 1.76. The Morgan fingerprint density at radius 2 is 2.44 bits per heavy atom. The van der Waals surface area contributed by atoms with E-state index < -0.39 is 5.41 Å². The molecule has 1 amide bonds. The van der Waals surface area contributed by atoms with Crippen LogP contribution in [0.15, 0.2) is 15.9 Å². The van der Waals surface area contributed by atoms with Crippen molar-refractivity contribution in [3.63, 3.8) is 0 Å². The minimum Gasteiger partial charge on any atom is -0.379 e. The lowest BCUT2D eigenvalue weighted by Gasteiger charge is -2.38. The number of hydrogen-bond acceptors (Lipinski definition) is 4. The van der Waals surface area contributed by atoms with Crippen LogP contribution in [0.4, 0.5) is 0 Å². The van der Waals surface area contributed by atoms with Crippen LogP contribution in [-0.4, -0.2) is 25.7 Å². The average Bonchev–Trinajstić information content (AvgIpc) is 2.60. The maximum atomic E-state index is 11.9. The lowest BCUT2D eigenvalue weighted by atomic mass is 9.85. The van der Waals surface area contributed by atoms with Gasteiger partial charge in [0, 0.05) is 21.3 Å². The Kier molecular flexibility index (Phi) is 3.63. The molecule has 1 saturated heterocycles. The van der Waals surface area contributed by atoms with Crippen LogP contribution in [0.1, 0.15) is 4.88 Å². The molecule has 0 unspecified atom stereocenters. The molecule has 2 heterocycles. The molecule has 1 aliphatic rings. The van der Waals surface area contributed by atoms with Crippen LogP contribution >= 0.6 is 27.3 Å². The summed E-state index contributed by atoms with van der Waals surface area (Å²) in [7, 11) is 0. The highest BCUT2D eigenvalue weighted by molar-refractivity contribution is 9.10. The van der Waals surface area contributed by atoms with Gasteiger partial charge in [-0.15, -0.1) is 11.3 Å². The van der Waals surface area contributed by atoms with Gasteiger partial charge in [-0.25, -0.2) is 0 Å². The summed E-state index contributed by atoms with van der Waals surface area (Å²) < 4.78 is 6.10. The second-order valence-corrected chi connectivity index (χ2v) is 5.80. The first-order valence-electron chi connectivity index (χ1n) is 4.95. The molecule has 2 rings (SSSR count). The quantitative estimate of drug-likeness (QED) is 0.875. The number of thiophene rings is 1. The van der Waals surface area contributed by atoms with Crippen molar-refractivity contribution in [1.82, 2.24) is 5.32 Å². The molecule has 88 valence electrons. The van der Waals surface area contributed by atoms with Gasteiger partial charge >= 0.3 is 0 Å². The van der Waals surface area contributed by atoms with Crippen LogP contribution in [0.2, 0.25) is 0 Å². The monoisotopic (exact) mass is 304 g/mol. The fourth-order valence-corrected chi connectivity index (χ4v) is 2.88. The Bertz CT molecular complexity index is 384. The van der Waals surface area contributed by atoms with Crippen LogP contribution in [0.25, 0.3) is 0 Å². The minimum absolute atomic E-state index is 0.00854. The Morgan fingerprint density at radius 3 is 2.88 bits per heavy atom. The van der Waals surface area contributed by atoms with E-state index in [1.165, 1.54) is 0 Å². The molecule has 0 radical (unpaired) electrons. The van der Waals surface area contributed by atoms with Gasteiger partial charge in [0.05, 0.1) is 19.8 Å². The first-order valence-corrected chi connectivity index (χ1v) is 6.62. The first-order chi connectivity index (χ1) is 7.66. The molecule has 0 atom stereocenters. The van der Waals surface area contributed by atoms with Crippen LogP contribution in [0, 0.1) is 5.41 Å². The van der Waals surface area contributed by atoms with Crippen LogP contribution < -0.4 is 11.1 Å². The second-order valence-electron chi connectivity index (χ2n) is 3.89. The zero-order chi connectivity index (χ0) is 11.6. The van der Waals surface area contributed by atoms with E-state index in [9.17, 15) is 4.79 Å². The van der Waals surface area contributed by atoms with Crippen molar-refractivity contribution in [2.75, 3.05) is 19.8 Å². The molecular weight excluding hydrogens is 292 g/mol. The van der Waals surface area contributed by atoms with Gasteiger partial charge in [0.1, 0.15) is 5.41 Å². The highest BCUT2D eigenvalue weighted by atomic mass is 79.9. The predicted octanol–water partition coefficient (Wildman–Crippen LogP) is 1.10. The summed E-state index contributed by atoms with van der Waals surface area (Å²) in [5, 5.41) is 4.89. The van der Waals surface area contributed by atoms with Crippen molar-refractivity contribution in [1.29, 1.82) is 0 Å². The summed E-state index contributed by atoms with van der Waals surface area (Å²) >= 11 is 4.99. The number of carbonyl (C=O) groups excluding carboxylic acids is 1. The Balaban J connectivity index is 1.88. The molecule has 0 aliphatic carbocycles. The third-order valence-corrected chi connectivity index (χ3v) is 4.37. The van der Waals surface area contributed by atoms with Gasteiger partial charge in [-0.05, 0) is 22.0 Å². The Hall–Kier alpha value is -0.430. The van der Waals surface area contributed by atoms with Crippen molar-refractivity contribution in [2.45, 2.75) is 6.54 Å².